The number of rotatable bonds is 8. The Morgan fingerprint density at radius 1 is 1.26 bits per heavy atom. The van der Waals surface area contributed by atoms with Crippen LogP contribution in [0.15, 0.2) is 36.4 Å². The maximum absolute atomic E-state index is 13.1. The molecule has 0 radical (unpaired) electrons. The first-order valence-corrected chi connectivity index (χ1v) is 8.87. The average Bonchev–Trinajstić information content (AvgIpc) is 2.89. The van der Waals surface area contributed by atoms with Gasteiger partial charge >= 0.3 is 5.97 Å². The number of carbonyl (C=O) groups excluding carboxylic acids is 2. The van der Waals surface area contributed by atoms with Crippen LogP contribution in [0.1, 0.15) is 44.6 Å². The Bertz CT molecular complexity index is 728. The van der Waals surface area contributed by atoms with Gasteiger partial charge in [-0.2, -0.15) is 0 Å². The summed E-state index contributed by atoms with van der Waals surface area (Å²) in [6.07, 6.45) is 1.36. The van der Waals surface area contributed by atoms with Gasteiger partial charge in [-0.05, 0) is 44.0 Å². The maximum atomic E-state index is 13.1. The summed E-state index contributed by atoms with van der Waals surface area (Å²) in [5, 5.41) is 18.2. The first kappa shape index (κ1) is 20.8. The molecule has 0 aromatic heterocycles. The van der Waals surface area contributed by atoms with Gasteiger partial charge in [-0.25, -0.2) is 4.39 Å². The number of allylic oxidation sites excluding steroid dienone is 1. The van der Waals surface area contributed by atoms with E-state index in [0.717, 1.165) is 5.56 Å². The van der Waals surface area contributed by atoms with Crippen LogP contribution in [0.3, 0.4) is 0 Å². The number of carboxylic acids is 1. The van der Waals surface area contributed by atoms with Crippen LogP contribution in [0.4, 0.5) is 4.39 Å². The predicted molar refractivity (Wildman–Crippen MR) is 96.6 cm³/mol. The zero-order valence-corrected chi connectivity index (χ0v) is 15.3. The van der Waals surface area contributed by atoms with Crippen molar-refractivity contribution in [2.75, 3.05) is 0 Å². The molecule has 0 spiro atoms. The van der Waals surface area contributed by atoms with Crippen molar-refractivity contribution in [1.29, 1.82) is 0 Å². The fourth-order valence-electron chi connectivity index (χ4n) is 3.37. The Labute approximate surface area is 157 Å². The lowest BCUT2D eigenvalue weighted by Gasteiger charge is -2.26. The molecule has 146 valence electrons. The number of likely N-dealkylation sites (tertiary alicyclic amines) is 1. The van der Waals surface area contributed by atoms with Gasteiger partial charge in [0.2, 0.25) is 5.91 Å². The Morgan fingerprint density at radius 3 is 2.44 bits per heavy atom. The molecule has 1 saturated heterocycles. The lowest BCUT2D eigenvalue weighted by atomic mass is 9.95. The van der Waals surface area contributed by atoms with Crippen LogP contribution in [0.5, 0.6) is 0 Å². The van der Waals surface area contributed by atoms with Gasteiger partial charge in [0.05, 0.1) is 24.5 Å². The lowest BCUT2D eigenvalue weighted by molar-refractivity contribution is -0.139. The third-order valence-corrected chi connectivity index (χ3v) is 4.57. The van der Waals surface area contributed by atoms with E-state index in [2.05, 4.69) is 0 Å². The highest BCUT2D eigenvalue weighted by Gasteiger charge is 2.40. The lowest BCUT2D eigenvalue weighted by Crippen LogP contribution is -2.38. The van der Waals surface area contributed by atoms with E-state index in [4.69, 9.17) is 5.11 Å². The molecule has 0 unspecified atom stereocenters. The molecule has 1 aromatic rings. The number of hydrogen-bond donors (Lipinski definition) is 2. The Balaban J connectivity index is 2.10. The van der Waals surface area contributed by atoms with Crippen LogP contribution in [0, 0.1) is 5.82 Å². The smallest absolute Gasteiger partial charge is 0.305 e. The van der Waals surface area contributed by atoms with E-state index in [-0.39, 0.29) is 30.2 Å². The molecule has 2 rings (SSSR count). The molecule has 0 saturated carbocycles. The van der Waals surface area contributed by atoms with Crippen LogP contribution in [-0.4, -0.2) is 51.0 Å². The van der Waals surface area contributed by atoms with Crippen molar-refractivity contribution in [3.63, 3.8) is 0 Å². The summed E-state index contributed by atoms with van der Waals surface area (Å²) in [6.45, 7) is 3.76. The molecular weight excluding hydrogens is 353 g/mol. The van der Waals surface area contributed by atoms with Gasteiger partial charge in [0.1, 0.15) is 5.82 Å². The topological polar surface area (TPSA) is 94.9 Å². The van der Waals surface area contributed by atoms with Crippen molar-refractivity contribution in [2.45, 2.75) is 57.2 Å². The fourth-order valence-corrected chi connectivity index (χ4v) is 3.37. The number of carbonyl (C=O) groups is 3. The summed E-state index contributed by atoms with van der Waals surface area (Å²) in [4.78, 5) is 37.0. The number of nitrogens with zero attached hydrogens (tertiary/aromatic N) is 1. The van der Waals surface area contributed by atoms with E-state index in [1.54, 1.807) is 23.1 Å². The number of benzene rings is 1. The molecular formula is C20H24FNO5. The van der Waals surface area contributed by atoms with Crippen LogP contribution in [-0.2, 0) is 14.4 Å². The SMILES string of the molecule is CC(C)N1C(=O)[C@H](c2ccc(F)cc2)C[C@@H]1C=CC(=O)C[C@@H](O)CC(=O)O. The fraction of sp³-hybridized carbons (Fsp3) is 0.450. The quantitative estimate of drug-likeness (QED) is 0.678. The zero-order chi connectivity index (χ0) is 20.1. The van der Waals surface area contributed by atoms with Crippen LogP contribution in [0.2, 0.25) is 0 Å². The highest BCUT2D eigenvalue weighted by Crippen LogP contribution is 2.35. The summed E-state index contributed by atoms with van der Waals surface area (Å²) in [6, 6.07) is 5.45. The summed E-state index contributed by atoms with van der Waals surface area (Å²) in [7, 11) is 0. The van der Waals surface area contributed by atoms with Gasteiger partial charge in [0, 0.05) is 12.5 Å². The molecule has 3 atom stereocenters. The Kier molecular flexibility index (Phi) is 6.85. The van der Waals surface area contributed by atoms with Crippen LogP contribution >= 0.6 is 0 Å². The minimum atomic E-state index is -1.24. The van der Waals surface area contributed by atoms with Gasteiger partial charge in [-0.1, -0.05) is 18.2 Å². The average molecular weight is 377 g/mol. The second-order valence-electron chi connectivity index (χ2n) is 7.03. The standard InChI is InChI=1S/C20H24FNO5/c1-12(2)22-15(7-8-16(23)10-17(24)11-19(25)26)9-18(20(22)27)13-3-5-14(21)6-4-13/h3-8,12,15,17-18,24H,9-11H2,1-2H3,(H,25,26)/t15-,17+,18-/m0/s1. The second kappa shape index (κ2) is 8.90. The van der Waals surface area contributed by atoms with Crippen molar-refractivity contribution < 1.29 is 29.0 Å². The van der Waals surface area contributed by atoms with E-state index >= 15 is 0 Å². The van der Waals surface area contributed by atoms with E-state index in [1.165, 1.54) is 18.2 Å². The van der Waals surface area contributed by atoms with Crippen LogP contribution < -0.4 is 0 Å². The predicted octanol–water partition coefficient (Wildman–Crippen LogP) is 2.27. The first-order valence-electron chi connectivity index (χ1n) is 8.87. The molecule has 1 amide bonds. The Morgan fingerprint density at radius 2 is 1.89 bits per heavy atom. The van der Waals surface area contributed by atoms with Crippen molar-refractivity contribution in [1.82, 2.24) is 4.90 Å². The number of amides is 1. The monoisotopic (exact) mass is 377 g/mol. The number of aliphatic hydroxyl groups excluding tert-OH is 1. The Hall–Kier alpha value is -2.54. The first-order chi connectivity index (χ1) is 12.7. The summed E-state index contributed by atoms with van der Waals surface area (Å²) >= 11 is 0. The largest absolute Gasteiger partial charge is 0.481 e. The second-order valence-corrected chi connectivity index (χ2v) is 7.03. The zero-order valence-electron chi connectivity index (χ0n) is 15.3. The van der Waals surface area contributed by atoms with Gasteiger partial charge in [0.25, 0.3) is 0 Å². The third-order valence-electron chi connectivity index (χ3n) is 4.57. The molecule has 6 nitrogen and oxygen atoms in total. The molecule has 0 aliphatic carbocycles. The number of aliphatic hydroxyl groups is 1. The highest BCUT2D eigenvalue weighted by atomic mass is 19.1. The highest BCUT2D eigenvalue weighted by molar-refractivity contribution is 5.91. The molecule has 1 aliphatic heterocycles. The summed E-state index contributed by atoms with van der Waals surface area (Å²) in [5.74, 6) is -2.43. The maximum Gasteiger partial charge on any atom is 0.305 e. The molecule has 27 heavy (non-hydrogen) atoms. The summed E-state index contributed by atoms with van der Waals surface area (Å²) in [5.41, 5.74) is 0.728. The van der Waals surface area contributed by atoms with Gasteiger partial charge in [-0.15, -0.1) is 0 Å². The summed E-state index contributed by atoms with van der Waals surface area (Å²) < 4.78 is 13.1. The molecule has 1 fully saturated rings. The molecule has 0 bridgehead atoms. The molecule has 1 heterocycles. The third kappa shape index (κ3) is 5.47. The number of hydrogen-bond acceptors (Lipinski definition) is 4. The molecule has 1 aromatic carbocycles. The number of ketones is 1. The van der Waals surface area contributed by atoms with Gasteiger partial charge in [0.15, 0.2) is 5.78 Å². The van der Waals surface area contributed by atoms with Gasteiger partial charge in [-0.3, -0.25) is 14.4 Å². The van der Waals surface area contributed by atoms with Crippen molar-refractivity contribution >= 4 is 17.7 Å². The minimum absolute atomic E-state index is 0.0784. The molecule has 2 N–H and O–H groups in total. The number of halogens is 1. The van der Waals surface area contributed by atoms with E-state index in [0.29, 0.717) is 6.42 Å². The van der Waals surface area contributed by atoms with Crippen LogP contribution in [0.25, 0.3) is 0 Å². The van der Waals surface area contributed by atoms with E-state index in [9.17, 15) is 23.9 Å². The van der Waals surface area contributed by atoms with Gasteiger partial charge < -0.3 is 15.1 Å². The number of aliphatic carboxylic acids is 1. The van der Waals surface area contributed by atoms with E-state index in [1.807, 2.05) is 13.8 Å². The molecule has 1 aliphatic rings. The van der Waals surface area contributed by atoms with Crippen molar-refractivity contribution in [3.8, 4) is 0 Å². The normalized spacial score (nSPS) is 21.2. The number of carboxylic acid groups (broad SMARTS) is 1. The minimum Gasteiger partial charge on any atom is -0.481 e. The van der Waals surface area contributed by atoms with Crippen molar-refractivity contribution in [2.24, 2.45) is 0 Å². The molecule has 7 heteroatoms. The van der Waals surface area contributed by atoms with E-state index < -0.39 is 30.2 Å². The van der Waals surface area contributed by atoms with Crippen molar-refractivity contribution in [3.05, 3.63) is 47.8 Å².